The Morgan fingerprint density at radius 3 is 2.28 bits per heavy atom. The summed E-state index contributed by atoms with van der Waals surface area (Å²) in [6.07, 6.45) is 3.05. The van der Waals surface area contributed by atoms with Crippen LogP contribution in [0, 0.1) is 12.7 Å². The van der Waals surface area contributed by atoms with Crippen molar-refractivity contribution >= 4 is 44.3 Å². The highest BCUT2D eigenvalue weighted by Gasteiger charge is 2.38. The summed E-state index contributed by atoms with van der Waals surface area (Å²) in [6.45, 7) is 4.62. The van der Waals surface area contributed by atoms with Gasteiger partial charge in [-0.25, -0.2) is 9.18 Å². The highest BCUT2D eigenvalue weighted by molar-refractivity contribution is 7.85. The summed E-state index contributed by atoms with van der Waals surface area (Å²) in [6, 6.07) is 7.16. The van der Waals surface area contributed by atoms with Crippen molar-refractivity contribution < 1.29 is 27.3 Å². The number of carboxylic acid groups (broad SMARTS) is 1. The summed E-state index contributed by atoms with van der Waals surface area (Å²) in [5, 5.41) is 9.40. The molecule has 2 heterocycles. The number of benzene rings is 2. The number of nitrogens with two attached hydrogens (primary N) is 1. The number of aromatic carboxylic acids is 1. The lowest BCUT2D eigenvalue weighted by Crippen LogP contribution is -2.65. The van der Waals surface area contributed by atoms with Gasteiger partial charge >= 0.3 is 5.97 Å². The van der Waals surface area contributed by atoms with E-state index in [1.54, 1.807) is 21.6 Å². The Morgan fingerprint density at radius 1 is 1.22 bits per heavy atom. The van der Waals surface area contributed by atoms with Crippen molar-refractivity contribution in [2.45, 2.75) is 43.2 Å². The van der Waals surface area contributed by atoms with Crippen molar-refractivity contribution in [2.24, 2.45) is 5.73 Å². The number of carboxylic acids is 1. The number of aryl methyl sites for hydroxylation is 1. The standard InChI is InChI=1S/C17H17ClFN3O3.C7H8O3S/c1-17(20)6-21(7-17)14-11(19)4-9-13(12(14)18)22(8-2-3-8)5-10(15(9)23)16(24)25;1-6-2-4-7(5-3-6)11(8,9)10/h4-5,8H,2-3,6-7,20H2,1H3,(H,24,25);2-5H,1H3,(H,8,9,10). The van der Waals surface area contributed by atoms with E-state index >= 15 is 0 Å². The highest BCUT2D eigenvalue weighted by Crippen LogP contribution is 2.43. The minimum atomic E-state index is -4.02. The van der Waals surface area contributed by atoms with E-state index in [0.29, 0.717) is 18.6 Å². The zero-order chi connectivity index (χ0) is 26.6. The number of rotatable bonds is 4. The molecule has 1 aliphatic heterocycles. The molecule has 0 radical (unpaired) electrons. The van der Waals surface area contributed by atoms with Crippen molar-refractivity contribution in [3.05, 3.63) is 68.7 Å². The summed E-state index contributed by atoms with van der Waals surface area (Å²) in [7, 11) is -4.02. The summed E-state index contributed by atoms with van der Waals surface area (Å²) < 4.78 is 46.0. The normalized spacial score (nSPS) is 16.8. The number of carbonyl (C=O) groups is 1. The average molecular weight is 538 g/mol. The topological polar surface area (TPSA) is 143 Å². The van der Waals surface area contributed by atoms with Crippen LogP contribution in [-0.4, -0.2) is 47.2 Å². The molecule has 4 N–H and O–H groups in total. The Bertz CT molecular complexity index is 1520. The first-order valence-corrected chi connectivity index (χ1v) is 12.9. The van der Waals surface area contributed by atoms with Crippen molar-refractivity contribution in [1.82, 2.24) is 4.57 Å². The number of halogens is 2. The Kier molecular flexibility index (Phi) is 6.63. The molecule has 0 atom stereocenters. The first-order chi connectivity index (χ1) is 16.7. The van der Waals surface area contributed by atoms with Crippen LogP contribution in [0.5, 0.6) is 0 Å². The molecule has 192 valence electrons. The number of nitrogens with zero attached hydrogens (tertiary/aromatic N) is 2. The molecule has 0 bridgehead atoms. The molecule has 9 nitrogen and oxygen atoms in total. The first-order valence-electron chi connectivity index (χ1n) is 11.1. The summed E-state index contributed by atoms with van der Waals surface area (Å²) >= 11 is 6.50. The fourth-order valence-electron chi connectivity index (χ4n) is 4.21. The minimum absolute atomic E-state index is 0.00548. The SMILES string of the molecule is CC1(N)CN(c2c(F)cc3c(=O)c(C(=O)O)cn(C4CC4)c3c2Cl)C1.Cc1ccc(S(=O)(=O)O)cc1. The molecular formula is C24H25ClFN3O6S. The number of fused-ring (bicyclic) bond motifs is 1. The lowest BCUT2D eigenvalue weighted by molar-refractivity contribution is 0.0694. The third-order valence-corrected chi connectivity index (χ3v) is 7.32. The van der Waals surface area contributed by atoms with E-state index in [1.165, 1.54) is 18.3 Å². The zero-order valence-electron chi connectivity index (χ0n) is 19.5. The smallest absolute Gasteiger partial charge is 0.341 e. The molecule has 0 unspecified atom stereocenters. The Balaban J connectivity index is 0.000000233. The largest absolute Gasteiger partial charge is 0.477 e. The van der Waals surface area contributed by atoms with Gasteiger partial charge in [0.2, 0.25) is 5.43 Å². The Labute approximate surface area is 211 Å². The van der Waals surface area contributed by atoms with E-state index in [0.717, 1.165) is 24.5 Å². The molecule has 1 aliphatic carbocycles. The maximum absolute atomic E-state index is 14.7. The summed E-state index contributed by atoms with van der Waals surface area (Å²) in [5.41, 5.74) is 6.06. The van der Waals surface area contributed by atoms with Crippen LogP contribution >= 0.6 is 11.6 Å². The van der Waals surface area contributed by atoms with Gasteiger partial charge in [0.25, 0.3) is 10.1 Å². The summed E-state index contributed by atoms with van der Waals surface area (Å²) in [5.74, 6) is -1.97. The van der Waals surface area contributed by atoms with E-state index in [-0.39, 0.29) is 32.6 Å². The maximum Gasteiger partial charge on any atom is 0.341 e. The lowest BCUT2D eigenvalue weighted by Gasteiger charge is -2.47. The lowest BCUT2D eigenvalue weighted by atomic mass is 9.92. The predicted molar refractivity (Wildman–Crippen MR) is 134 cm³/mol. The van der Waals surface area contributed by atoms with E-state index in [9.17, 15) is 27.5 Å². The second-order valence-electron chi connectivity index (χ2n) is 9.53. The monoisotopic (exact) mass is 537 g/mol. The van der Waals surface area contributed by atoms with Crippen molar-refractivity contribution in [3.63, 3.8) is 0 Å². The molecule has 0 amide bonds. The van der Waals surface area contributed by atoms with Crippen molar-refractivity contribution in [3.8, 4) is 0 Å². The van der Waals surface area contributed by atoms with E-state index in [2.05, 4.69) is 0 Å². The van der Waals surface area contributed by atoms with E-state index in [4.69, 9.17) is 21.9 Å². The number of pyridine rings is 1. The molecule has 2 aliphatic rings. The van der Waals surface area contributed by atoms with Crippen LogP contribution in [0.1, 0.15) is 41.7 Å². The Morgan fingerprint density at radius 2 is 1.81 bits per heavy atom. The van der Waals surface area contributed by atoms with Crippen molar-refractivity contribution in [2.75, 3.05) is 18.0 Å². The third kappa shape index (κ3) is 5.10. The van der Waals surface area contributed by atoms with Gasteiger partial charge in [-0.3, -0.25) is 9.35 Å². The van der Waals surface area contributed by atoms with Crippen LogP contribution in [0.2, 0.25) is 5.02 Å². The van der Waals surface area contributed by atoms with Gasteiger partial charge < -0.3 is 20.3 Å². The number of aromatic nitrogens is 1. The van der Waals surface area contributed by atoms with Gasteiger partial charge in [0, 0.05) is 30.9 Å². The maximum atomic E-state index is 14.7. The molecule has 1 aromatic heterocycles. The Hall–Kier alpha value is -2.99. The van der Waals surface area contributed by atoms with Crippen LogP contribution in [0.4, 0.5) is 10.1 Å². The van der Waals surface area contributed by atoms with Gasteiger partial charge in [-0.05, 0) is 44.9 Å². The van der Waals surface area contributed by atoms with Crippen LogP contribution in [0.25, 0.3) is 10.9 Å². The van der Waals surface area contributed by atoms with Crippen LogP contribution < -0.4 is 16.1 Å². The highest BCUT2D eigenvalue weighted by atomic mass is 35.5. The van der Waals surface area contributed by atoms with Gasteiger partial charge in [0.05, 0.1) is 26.5 Å². The van der Waals surface area contributed by atoms with Crippen LogP contribution in [0.15, 0.2) is 46.2 Å². The average Bonchev–Trinajstić information content (AvgIpc) is 3.58. The quantitative estimate of drug-likeness (QED) is 0.428. The van der Waals surface area contributed by atoms with Crippen LogP contribution in [0.3, 0.4) is 0 Å². The van der Waals surface area contributed by atoms with Crippen molar-refractivity contribution in [1.29, 1.82) is 0 Å². The number of hydrogen-bond donors (Lipinski definition) is 3. The van der Waals surface area contributed by atoms with E-state index in [1.807, 2.05) is 13.8 Å². The molecule has 0 spiro atoms. The van der Waals surface area contributed by atoms with Gasteiger partial charge in [-0.1, -0.05) is 29.3 Å². The third-order valence-electron chi connectivity index (χ3n) is 6.09. The van der Waals surface area contributed by atoms with Gasteiger partial charge in [0.15, 0.2) is 0 Å². The minimum Gasteiger partial charge on any atom is -0.477 e. The molecular weight excluding hydrogens is 513 g/mol. The van der Waals surface area contributed by atoms with Gasteiger partial charge in [0.1, 0.15) is 11.4 Å². The number of hydrogen-bond acceptors (Lipinski definition) is 6. The molecule has 1 saturated carbocycles. The second-order valence-corrected chi connectivity index (χ2v) is 11.3. The first kappa shape index (κ1) is 26.1. The fourth-order valence-corrected chi connectivity index (χ4v) is 5.10. The molecule has 12 heteroatoms. The molecule has 2 aromatic carbocycles. The predicted octanol–water partition coefficient (Wildman–Crippen LogP) is 3.61. The molecule has 2 fully saturated rings. The van der Waals surface area contributed by atoms with Crippen LogP contribution in [-0.2, 0) is 10.1 Å². The summed E-state index contributed by atoms with van der Waals surface area (Å²) in [4.78, 5) is 25.5. The second kappa shape index (κ2) is 9.15. The molecule has 1 saturated heterocycles. The molecule has 5 rings (SSSR count). The van der Waals surface area contributed by atoms with Gasteiger partial charge in [-0.2, -0.15) is 8.42 Å². The number of anilines is 1. The molecule has 3 aromatic rings. The van der Waals surface area contributed by atoms with E-state index < -0.39 is 32.9 Å². The fraction of sp³-hybridized carbons (Fsp3) is 0.333. The zero-order valence-corrected chi connectivity index (χ0v) is 21.1. The molecule has 36 heavy (non-hydrogen) atoms. The van der Waals surface area contributed by atoms with Gasteiger partial charge in [-0.15, -0.1) is 0 Å².